The van der Waals surface area contributed by atoms with Gasteiger partial charge in [0.15, 0.2) is 6.10 Å². The summed E-state index contributed by atoms with van der Waals surface area (Å²) in [6, 6.07) is 4.81. The Bertz CT molecular complexity index is 912. The fourth-order valence-corrected chi connectivity index (χ4v) is 4.90. The van der Waals surface area contributed by atoms with Gasteiger partial charge in [0, 0.05) is 9.90 Å². The van der Waals surface area contributed by atoms with Crippen LogP contribution in [0.4, 0.5) is 5.00 Å². The molecule has 0 bridgehead atoms. The van der Waals surface area contributed by atoms with Crippen LogP contribution in [0.25, 0.3) is 0 Å². The molecule has 0 saturated heterocycles. The third-order valence-electron chi connectivity index (χ3n) is 4.62. The summed E-state index contributed by atoms with van der Waals surface area (Å²) in [6.07, 6.45) is 3.78. The molecule has 1 heterocycles. The number of carbonyl (C=O) groups excluding carboxylic acids is 2. The van der Waals surface area contributed by atoms with Gasteiger partial charge in [0.1, 0.15) is 10.8 Å². The second kappa shape index (κ2) is 9.83. The number of halogens is 2. The van der Waals surface area contributed by atoms with Gasteiger partial charge in [-0.25, -0.2) is 4.79 Å². The van der Waals surface area contributed by atoms with E-state index in [1.807, 2.05) is 6.92 Å². The average molecular weight is 456 g/mol. The number of anilines is 1. The van der Waals surface area contributed by atoms with Gasteiger partial charge in [0.2, 0.25) is 0 Å². The lowest BCUT2D eigenvalue weighted by Gasteiger charge is -2.16. The summed E-state index contributed by atoms with van der Waals surface area (Å²) in [5, 5.41) is 4.20. The number of fused-ring (bicyclic) bond motifs is 1. The topological polar surface area (TPSA) is 64.6 Å². The predicted molar refractivity (Wildman–Crippen MR) is 117 cm³/mol. The first-order valence-electron chi connectivity index (χ1n) is 9.65. The Morgan fingerprint density at radius 3 is 2.72 bits per heavy atom. The highest BCUT2D eigenvalue weighted by Crippen LogP contribution is 2.39. The first-order valence-corrected chi connectivity index (χ1v) is 11.2. The van der Waals surface area contributed by atoms with Gasteiger partial charge in [-0.2, -0.15) is 0 Å². The third-order valence-corrected chi connectivity index (χ3v) is 6.35. The van der Waals surface area contributed by atoms with E-state index < -0.39 is 6.10 Å². The molecule has 5 nitrogen and oxygen atoms in total. The van der Waals surface area contributed by atoms with Crippen LogP contribution in [0.2, 0.25) is 10.0 Å². The molecule has 1 aliphatic carbocycles. The first-order chi connectivity index (χ1) is 13.9. The van der Waals surface area contributed by atoms with Gasteiger partial charge >= 0.3 is 5.97 Å². The zero-order valence-corrected chi connectivity index (χ0v) is 18.7. The van der Waals surface area contributed by atoms with Crippen LogP contribution in [0.15, 0.2) is 18.2 Å². The number of benzene rings is 1. The van der Waals surface area contributed by atoms with Crippen LogP contribution in [0.5, 0.6) is 5.75 Å². The van der Waals surface area contributed by atoms with E-state index in [9.17, 15) is 9.59 Å². The summed E-state index contributed by atoms with van der Waals surface area (Å²) < 4.78 is 11.0. The number of nitrogens with one attached hydrogen (secondary N) is 1. The number of ether oxygens (including phenoxy) is 2. The van der Waals surface area contributed by atoms with Crippen LogP contribution >= 0.6 is 34.5 Å². The van der Waals surface area contributed by atoms with Crippen molar-refractivity contribution in [2.75, 3.05) is 11.9 Å². The van der Waals surface area contributed by atoms with Crippen molar-refractivity contribution in [3.05, 3.63) is 44.2 Å². The molecule has 1 amide bonds. The number of hydrogen-bond acceptors (Lipinski definition) is 5. The minimum Gasteiger partial charge on any atom is -0.479 e. The Kier molecular flexibility index (Phi) is 7.44. The highest BCUT2D eigenvalue weighted by atomic mass is 35.5. The molecule has 3 rings (SSSR count). The standard InChI is InChI=1S/C21H23Cl2NO4S/c1-3-10-27-21(26)18-14-6-4-5-7-17(14)29-20(18)24-19(25)12(2)28-16-9-8-13(22)11-15(16)23/h8-9,11-12H,3-7,10H2,1-2H3,(H,24,25)/t12-/m1/s1. The molecule has 0 saturated carbocycles. The van der Waals surface area contributed by atoms with Gasteiger partial charge in [0.05, 0.1) is 17.2 Å². The van der Waals surface area contributed by atoms with Gasteiger partial charge < -0.3 is 14.8 Å². The maximum absolute atomic E-state index is 12.7. The van der Waals surface area contributed by atoms with Gasteiger partial charge in [-0.15, -0.1) is 11.3 Å². The number of aryl methyl sites for hydroxylation is 1. The number of rotatable bonds is 7. The number of carbonyl (C=O) groups is 2. The van der Waals surface area contributed by atoms with Crippen molar-refractivity contribution in [3.63, 3.8) is 0 Å². The number of amides is 1. The highest BCUT2D eigenvalue weighted by Gasteiger charge is 2.28. The molecular formula is C21H23Cl2NO4S. The fraction of sp³-hybridized carbons (Fsp3) is 0.429. The van der Waals surface area contributed by atoms with Crippen molar-refractivity contribution < 1.29 is 19.1 Å². The quantitative estimate of drug-likeness (QED) is 0.527. The van der Waals surface area contributed by atoms with Crippen molar-refractivity contribution >= 4 is 51.4 Å². The lowest BCUT2D eigenvalue weighted by Crippen LogP contribution is -2.30. The molecule has 0 fully saturated rings. The highest BCUT2D eigenvalue weighted by molar-refractivity contribution is 7.17. The van der Waals surface area contributed by atoms with Crippen LogP contribution in [0, 0.1) is 0 Å². The summed E-state index contributed by atoms with van der Waals surface area (Å²) in [5.41, 5.74) is 1.50. The maximum Gasteiger partial charge on any atom is 0.341 e. The summed E-state index contributed by atoms with van der Waals surface area (Å²) in [6.45, 7) is 3.92. The van der Waals surface area contributed by atoms with Crippen LogP contribution in [0.1, 0.15) is 53.9 Å². The van der Waals surface area contributed by atoms with Gasteiger partial charge in [-0.3, -0.25) is 4.79 Å². The molecule has 0 spiro atoms. The van der Waals surface area contributed by atoms with E-state index in [1.54, 1.807) is 25.1 Å². The second-order valence-electron chi connectivity index (χ2n) is 6.88. The maximum atomic E-state index is 12.7. The van der Waals surface area contributed by atoms with E-state index in [-0.39, 0.29) is 11.9 Å². The molecule has 1 atom stereocenters. The van der Waals surface area contributed by atoms with Gasteiger partial charge in [-0.05, 0) is 62.8 Å². The van der Waals surface area contributed by atoms with E-state index in [1.165, 1.54) is 11.3 Å². The number of esters is 1. The smallest absolute Gasteiger partial charge is 0.341 e. The van der Waals surface area contributed by atoms with Crippen LogP contribution < -0.4 is 10.1 Å². The molecule has 29 heavy (non-hydrogen) atoms. The Labute approximate surface area is 184 Å². The first kappa shape index (κ1) is 21.9. The second-order valence-corrected chi connectivity index (χ2v) is 8.82. The predicted octanol–water partition coefficient (Wildman–Crippen LogP) is 5.91. The van der Waals surface area contributed by atoms with Crippen molar-refractivity contribution in [1.82, 2.24) is 0 Å². The Morgan fingerprint density at radius 1 is 1.24 bits per heavy atom. The van der Waals surface area contributed by atoms with E-state index in [0.29, 0.717) is 33.0 Å². The van der Waals surface area contributed by atoms with Gasteiger partial charge in [-0.1, -0.05) is 30.1 Å². The van der Waals surface area contributed by atoms with Crippen LogP contribution in [-0.4, -0.2) is 24.6 Å². The largest absolute Gasteiger partial charge is 0.479 e. The van der Waals surface area contributed by atoms with E-state index >= 15 is 0 Å². The monoisotopic (exact) mass is 455 g/mol. The minimum absolute atomic E-state index is 0.326. The van der Waals surface area contributed by atoms with E-state index in [0.717, 1.165) is 42.5 Å². The van der Waals surface area contributed by atoms with E-state index in [4.69, 9.17) is 32.7 Å². The van der Waals surface area contributed by atoms with Crippen LogP contribution in [-0.2, 0) is 22.4 Å². The molecule has 1 N–H and O–H groups in total. The molecule has 2 aromatic rings. The molecule has 8 heteroatoms. The minimum atomic E-state index is -0.813. The average Bonchev–Trinajstić information content (AvgIpc) is 3.06. The summed E-state index contributed by atoms with van der Waals surface area (Å²) in [5.74, 6) is -0.373. The fourth-order valence-electron chi connectivity index (χ4n) is 3.17. The molecule has 0 unspecified atom stereocenters. The lowest BCUT2D eigenvalue weighted by molar-refractivity contribution is -0.122. The van der Waals surface area contributed by atoms with E-state index in [2.05, 4.69) is 5.32 Å². The Morgan fingerprint density at radius 2 is 2.00 bits per heavy atom. The summed E-state index contributed by atoms with van der Waals surface area (Å²) >= 11 is 13.5. The molecule has 1 aromatic heterocycles. The SMILES string of the molecule is CCCOC(=O)c1c(NC(=O)[C@@H](C)Oc2ccc(Cl)cc2Cl)sc2c1CCCC2. The molecule has 1 aromatic carbocycles. The van der Waals surface area contributed by atoms with Crippen molar-refractivity contribution in [3.8, 4) is 5.75 Å². The lowest BCUT2D eigenvalue weighted by atomic mass is 9.95. The van der Waals surface area contributed by atoms with Crippen molar-refractivity contribution in [2.24, 2.45) is 0 Å². The molecule has 156 valence electrons. The zero-order chi connectivity index (χ0) is 21.0. The summed E-state index contributed by atoms with van der Waals surface area (Å²) in [4.78, 5) is 26.5. The molecular weight excluding hydrogens is 433 g/mol. The Hall–Kier alpha value is -1.76. The number of thiophene rings is 1. The molecule has 0 radical (unpaired) electrons. The summed E-state index contributed by atoms with van der Waals surface area (Å²) in [7, 11) is 0. The zero-order valence-electron chi connectivity index (χ0n) is 16.3. The van der Waals surface area contributed by atoms with Crippen molar-refractivity contribution in [1.29, 1.82) is 0 Å². The molecule has 0 aliphatic heterocycles. The Balaban J connectivity index is 1.78. The van der Waals surface area contributed by atoms with Crippen molar-refractivity contribution in [2.45, 2.75) is 52.1 Å². The van der Waals surface area contributed by atoms with Gasteiger partial charge in [0.25, 0.3) is 5.91 Å². The molecule has 1 aliphatic rings. The normalized spacial score (nSPS) is 14.1. The number of hydrogen-bond donors (Lipinski definition) is 1. The van der Waals surface area contributed by atoms with Crippen LogP contribution in [0.3, 0.4) is 0 Å². The third kappa shape index (κ3) is 5.24.